The summed E-state index contributed by atoms with van der Waals surface area (Å²) in [6.45, 7) is 18.2. The molecule has 0 saturated carbocycles. The number of amides is 1. The van der Waals surface area contributed by atoms with Crippen molar-refractivity contribution < 1.29 is 14.3 Å². The summed E-state index contributed by atoms with van der Waals surface area (Å²) >= 11 is 0. The molecule has 0 spiro atoms. The SMILES string of the molecule is CC1OCCC1(C)NCCN(C(=O)OC(C)(C)C)C(C)(C)C. The van der Waals surface area contributed by atoms with Crippen molar-refractivity contribution in [1.29, 1.82) is 0 Å². The summed E-state index contributed by atoms with van der Waals surface area (Å²) in [5.41, 5.74) is -0.770. The molecule has 1 amide bonds. The van der Waals surface area contributed by atoms with Gasteiger partial charge in [0.2, 0.25) is 0 Å². The number of nitrogens with one attached hydrogen (secondary N) is 1. The van der Waals surface area contributed by atoms with E-state index in [4.69, 9.17) is 9.47 Å². The fourth-order valence-corrected chi connectivity index (χ4v) is 2.54. The van der Waals surface area contributed by atoms with Crippen molar-refractivity contribution in [2.45, 2.75) is 84.6 Å². The van der Waals surface area contributed by atoms with Crippen molar-refractivity contribution in [2.24, 2.45) is 0 Å². The lowest BCUT2D eigenvalue weighted by Gasteiger charge is -2.38. The maximum Gasteiger partial charge on any atom is 0.410 e. The van der Waals surface area contributed by atoms with E-state index in [0.717, 1.165) is 19.6 Å². The number of hydrogen-bond donors (Lipinski definition) is 1. The summed E-state index contributed by atoms with van der Waals surface area (Å²) in [5, 5.41) is 3.55. The minimum atomic E-state index is -0.478. The van der Waals surface area contributed by atoms with Crippen LogP contribution < -0.4 is 5.32 Å². The zero-order valence-electron chi connectivity index (χ0n) is 15.6. The Morgan fingerprint density at radius 2 is 1.91 bits per heavy atom. The third-order valence-corrected chi connectivity index (χ3v) is 4.17. The van der Waals surface area contributed by atoms with Crippen LogP contribution in [0.1, 0.15) is 61.8 Å². The zero-order chi connectivity index (χ0) is 17.2. The summed E-state index contributed by atoms with van der Waals surface area (Å²) in [5.74, 6) is 0. The van der Waals surface area contributed by atoms with E-state index in [2.05, 4.69) is 19.2 Å². The molecule has 5 heteroatoms. The van der Waals surface area contributed by atoms with Gasteiger partial charge in [-0.3, -0.25) is 0 Å². The second kappa shape index (κ2) is 6.75. The minimum Gasteiger partial charge on any atom is -0.444 e. The number of nitrogens with zero attached hydrogens (tertiary/aromatic N) is 1. The number of hydrogen-bond acceptors (Lipinski definition) is 4. The van der Waals surface area contributed by atoms with E-state index in [-0.39, 0.29) is 23.3 Å². The van der Waals surface area contributed by atoms with Crippen LogP contribution in [0.15, 0.2) is 0 Å². The van der Waals surface area contributed by atoms with Gasteiger partial charge in [0, 0.05) is 30.8 Å². The molecule has 1 rings (SSSR count). The fourth-order valence-electron chi connectivity index (χ4n) is 2.54. The lowest BCUT2D eigenvalue weighted by Crippen LogP contribution is -2.54. The number of carbonyl (C=O) groups is 1. The van der Waals surface area contributed by atoms with Crippen LogP contribution >= 0.6 is 0 Å². The first-order valence-corrected chi connectivity index (χ1v) is 8.22. The van der Waals surface area contributed by atoms with Gasteiger partial charge in [0.05, 0.1) is 6.10 Å². The largest absolute Gasteiger partial charge is 0.444 e. The Bertz CT molecular complexity index is 384. The summed E-state index contributed by atoms with van der Waals surface area (Å²) in [7, 11) is 0. The first-order valence-electron chi connectivity index (χ1n) is 8.22. The zero-order valence-corrected chi connectivity index (χ0v) is 15.6. The van der Waals surface area contributed by atoms with Crippen LogP contribution in [0, 0.1) is 0 Å². The second-order valence-corrected chi connectivity index (χ2v) is 8.41. The van der Waals surface area contributed by atoms with E-state index in [1.54, 1.807) is 4.90 Å². The van der Waals surface area contributed by atoms with Crippen molar-refractivity contribution >= 4 is 6.09 Å². The Hall–Kier alpha value is -0.810. The van der Waals surface area contributed by atoms with Crippen LogP contribution in [0.5, 0.6) is 0 Å². The molecule has 2 unspecified atom stereocenters. The highest BCUT2D eigenvalue weighted by Crippen LogP contribution is 2.25. The maximum absolute atomic E-state index is 12.4. The van der Waals surface area contributed by atoms with Crippen molar-refractivity contribution in [2.75, 3.05) is 19.7 Å². The van der Waals surface area contributed by atoms with Crippen molar-refractivity contribution in [3.63, 3.8) is 0 Å². The van der Waals surface area contributed by atoms with E-state index in [1.807, 2.05) is 41.5 Å². The van der Waals surface area contributed by atoms with E-state index in [0.29, 0.717) is 6.54 Å². The number of rotatable bonds is 4. The summed E-state index contributed by atoms with van der Waals surface area (Å²) in [6.07, 6.45) is 0.927. The van der Waals surface area contributed by atoms with Gasteiger partial charge in [-0.15, -0.1) is 0 Å². The predicted octanol–water partition coefficient (Wildman–Crippen LogP) is 3.18. The molecule has 1 aliphatic rings. The molecule has 22 heavy (non-hydrogen) atoms. The highest BCUT2D eigenvalue weighted by atomic mass is 16.6. The Morgan fingerprint density at radius 1 is 1.32 bits per heavy atom. The Kier molecular flexibility index (Phi) is 5.90. The Balaban J connectivity index is 2.61. The third kappa shape index (κ3) is 5.43. The van der Waals surface area contributed by atoms with Gasteiger partial charge < -0.3 is 19.7 Å². The molecular weight excluding hydrogens is 280 g/mol. The predicted molar refractivity (Wildman–Crippen MR) is 89.1 cm³/mol. The number of carbonyl (C=O) groups excluding carboxylic acids is 1. The van der Waals surface area contributed by atoms with E-state index < -0.39 is 5.60 Å². The van der Waals surface area contributed by atoms with E-state index >= 15 is 0 Å². The number of ether oxygens (including phenoxy) is 2. The molecule has 0 aromatic heterocycles. The van der Waals surface area contributed by atoms with Crippen molar-refractivity contribution in [1.82, 2.24) is 10.2 Å². The molecular formula is C17H34N2O3. The first kappa shape index (κ1) is 19.2. The van der Waals surface area contributed by atoms with E-state index in [1.165, 1.54) is 0 Å². The van der Waals surface area contributed by atoms with Crippen LogP contribution in [0.4, 0.5) is 4.79 Å². The molecule has 1 N–H and O–H groups in total. The molecule has 2 atom stereocenters. The average molecular weight is 314 g/mol. The molecule has 1 heterocycles. The summed E-state index contributed by atoms with van der Waals surface area (Å²) in [6, 6.07) is 0. The molecule has 0 bridgehead atoms. The average Bonchev–Trinajstić information content (AvgIpc) is 2.61. The monoisotopic (exact) mass is 314 g/mol. The van der Waals surface area contributed by atoms with E-state index in [9.17, 15) is 4.79 Å². The van der Waals surface area contributed by atoms with Crippen molar-refractivity contribution in [3.05, 3.63) is 0 Å². The molecule has 1 aliphatic heterocycles. The highest BCUT2D eigenvalue weighted by molar-refractivity contribution is 5.69. The molecule has 1 saturated heterocycles. The molecule has 130 valence electrons. The van der Waals surface area contributed by atoms with Gasteiger partial charge >= 0.3 is 6.09 Å². The maximum atomic E-state index is 12.4. The van der Waals surface area contributed by atoms with Gasteiger partial charge in [0.25, 0.3) is 0 Å². The smallest absolute Gasteiger partial charge is 0.410 e. The molecule has 5 nitrogen and oxygen atoms in total. The third-order valence-electron chi connectivity index (χ3n) is 4.17. The fraction of sp³-hybridized carbons (Fsp3) is 0.941. The Morgan fingerprint density at radius 3 is 2.32 bits per heavy atom. The standard InChI is InChI=1S/C17H34N2O3/c1-13-17(8,9-12-21-13)18-10-11-19(15(2,3)4)14(20)22-16(5,6)7/h13,18H,9-12H2,1-8H3. The molecule has 1 fully saturated rings. The lowest BCUT2D eigenvalue weighted by atomic mass is 9.95. The van der Waals surface area contributed by atoms with Crippen molar-refractivity contribution in [3.8, 4) is 0 Å². The second-order valence-electron chi connectivity index (χ2n) is 8.41. The van der Waals surface area contributed by atoms with Crippen LogP contribution in [0.3, 0.4) is 0 Å². The molecule has 0 aromatic carbocycles. The Labute approximate surface area is 135 Å². The van der Waals surface area contributed by atoms with Crippen LogP contribution in [0.25, 0.3) is 0 Å². The van der Waals surface area contributed by atoms with Crippen LogP contribution in [-0.4, -0.2) is 53.5 Å². The van der Waals surface area contributed by atoms with Gasteiger partial charge in [0.15, 0.2) is 0 Å². The van der Waals surface area contributed by atoms with Gasteiger partial charge in [-0.25, -0.2) is 4.79 Å². The first-order chi connectivity index (χ1) is 9.85. The van der Waals surface area contributed by atoms with Gasteiger partial charge in [0.1, 0.15) is 5.60 Å². The van der Waals surface area contributed by atoms with Crippen LogP contribution in [0.2, 0.25) is 0 Å². The highest BCUT2D eigenvalue weighted by Gasteiger charge is 2.37. The minimum absolute atomic E-state index is 0.0164. The van der Waals surface area contributed by atoms with Gasteiger partial charge in [-0.2, -0.15) is 0 Å². The van der Waals surface area contributed by atoms with Gasteiger partial charge in [-0.1, -0.05) is 0 Å². The molecule has 0 aromatic rings. The normalized spacial score (nSPS) is 26.1. The molecule has 0 radical (unpaired) electrons. The topological polar surface area (TPSA) is 50.8 Å². The molecule has 0 aliphatic carbocycles. The summed E-state index contributed by atoms with van der Waals surface area (Å²) in [4.78, 5) is 14.2. The quantitative estimate of drug-likeness (QED) is 0.866. The van der Waals surface area contributed by atoms with Gasteiger partial charge in [-0.05, 0) is 61.8 Å². The summed E-state index contributed by atoms with van der Waals surface area (Å²) < 4.78 is 11.2. The lowest BCUT2D eigenvalue weighted by molar-refractivity contribution is 0.00568. The van der Waals surface area contributed by atoms with Crippen LogP contribution in [-0.2, 0) is 9.47 Å².